The molecule has 1 amide bonds. The number of amides is 1. The van der Waals surface area contributed by atoms with Crippen molar-refractivity contribution in [2.24, 2.45) is 0 Å². The molecule has 0 bridgehead atoms. The molecule has 0 fully saturated rings. The van der Waals surface area contributed by atoms with Gasteiger partial charge in [0.05, 0.1) is 10.6 Å². The predicted molar refractivity (Wildman–Crippen MR) is 134 cm³/mol. The standard InChI is InChI=1S/C26H22N4O6S/c31-24(27-26-29-28-25(36-26)19-9-12-22-23(16-19)35-15-14-34-22)18-7-10-20(11-8-18)37(32,33)30-13-3-5-17-4-1-2-6-21(17)30/h1-2,4,6-12,16H,3,5,13-15H2,(H,27,29,31). The molecule has 0 radical (unpaired) electrons. The lowest BCUT2D eigenvalue weighted by atomic mass is 10.0. The fourth-order valence-electron chi connectivity index (χ4n) is 4.39. The second-order valence-corrected chi connectivity index (χ2v) is 10.4. The molecule has 6 rings (SSSR count). The van der Waals surface area contributed by atoms with Gasteiger partial charge in [0.25, 0.3) is 15.9 Å². The zero-order valence-electron chi connectivity index (χ0n) is 19.6. The van der Waals surface area contributed by atoms with Crippen LogP contribution in [0.5, 0.6) is 11.5 Å². The maximum Gasteiger partial charge on any atom is 0.322 e. The largest absolute Gasteiger partial charge is 0.486 e. The number of aryl methyl sites for hydroxylation is 1. The first-order chi connectivity index (χ1) is 18.0. The van der Waals surface area contributed by atoms with Crippen LogP contribution in [0.3, 0.4) is 0 Å². The zero-order valence-corrected chi connectivity index (χ0v) is 20.4. The number of carbonyl (C=O) groups excluding carboxylic acids is 1. The summed E-state index contributed by atoms with van der Waals surface area (Å²) >= 11 is 0. The summed E-state index contributed by atoms with van der Waals surface area (Å²) in [5, 5.41) is 10.4. The van der Waals surface area contributed by atoms with Crippen molar-refractivity contribution in [2.45, 2.75) is 17.7 Å². The van der Waals surface area contributed by atoms with E-state index in [0.717, 1.165) is 18.4 Å². The van der Waals surface area contributed by atoms with Crippen LogP contribution in [0.4, 0.5) is 11.7 Å². The van der Waals surface area contributed by atoms with Gasteiger partial charge in [-0.1, -0.05) is 23.3 Å². The number of ether oxygens (including phenoxy) is 2. The molecule has 3 aromatic carbocycles. The lowest BCUT2D eigenvalue weighted by Gasteiger charge is -2.30. The van der Waals surface area contributed by atoms with Gasteiger partial charge in [-0.3, -0.25) is 14.4 Å². The maximum absolute atomic E-state index is 13.3. The van der Waals surface area contributed by atoms with Crippen LogP contribution in [-0.4, -0.2) is 44.3 Å². The normalized spacial score (nSPS) is 14.6. The van der Waals surface area contributed by atoms with Crippen molar-refractivity contribution in [1.29, 1.82) is 0 Å². The van der Waals surface area contributed by atoms with Crippen molar-refractivity contribution in [2.75, 3.05) is 29.4 Å². The molecule has 2 aliphatic heterocycles. The number of aromatic nitrogens is 2. The highest BCUT2D eigenvalue weighted by molar-refractivity contribution is 7.92. The van der Waals surface area contributed by atoms with Crippen molar-refractivity contribution in [3.63, 3.8) is 0 Å². The minimum Gasteiger partial charge on any atom is -0.486 e. The SMILES string of the molecule is O=C(Nc1nnc(-c2ccc3c(c2)OCCO3)o1)c1ccc(S(=O)(=O)N2CCCc3ccccc32)cc1. The molecule has 0 saturated carbocycles. The van der Waals surface area contributed by atoms with Gasteiger partial charge >= 0.3 is 6.01 Å². The molecule has 1 aromatic heterocycles. The van der Waals surface area contributed by atoms with Crippen molar-refractivity contribution < 1.29 is 27.1 Å². The molecule has 0 aliphatic carbocycles. The summed E-state index contributed by atoms with van der Waals surface area (Å²) in [7, 11) is -3.77. The van der Waals surface area contributed by atoms with E-state index in [0.29, 0.717) is 42.5 Å². The Morgan fingerprint density at radius 1 is 0.919 bits per heavy atom. The summed E-state index contributed by atoms with van der Waals surface area (Å²) in [6, 6.07) is 18.4. The van der Waals surface area contributed by atoms with E-state index in [4.69, 9.17) is 13.9 Å². The number of anilines is 2. The first kappa shape index (κ1) is 23.0. The van der Waals surface area contributed by atoms with Gasteiger partial charge in [0.2, 0.25) is 5.89 Å². The second kappa shape index (κ2) is 9.25. The molecule has 0 spiro atoms. The molecule has 0 saturated heterocycles. The number of sulfonamides is 1. The van der Waals surface area contributed by atoms with Gasteiger partial charge in [0, 0.05) is 17.7 Å². The molecule has 0 atom stereocenters. The second-order valence-electron chi connectivity index (χ2n) is 8.56. The number of para-hydroxylation sites is 1. The fourth-order valence-corrected chi connectivity index (χ4v) is 5.93. The van der Waals surface area contributed by atoms with E-state index in [1.54, 1.807) is 18.2 Å². The highest BCUT2D eigenvalue weighted by atomic mass is 32.2. The molecule has 1 N–H and O–H groups in total. The third-order valence-corrected chi connectivity index (χ3v) is 8.03. The van der Waals surface area contributed by atoms with Gasteiger partial charge in [0.15, 0.2) is 11.5 Å². The van der Waals surface area contributed by atoms with Crippen molar-refractivity contribution in [1.82, 2.24) is 10.2 Å². The Hall–Kier alpha value is -4.38. The quantitative estimate of drug-likeness (QED) is 0.422. The van der Waals surface area contributed by atoms with Gasteiger partial charge in [-0.2, -0.15) is 0 Å². The third kappa shape index (κ3) is 4.38. The molecule has 4 aromatic rings. The summed E-state index contributed by atoms with van der Waals surface area (Å²) in [6.45, 7) is 1.35. The number of benzene rings is 3. The number of rotatable bonds is 5. The molecule has 3 heterocycles. The maximum atomic E-state index is 13.3. The molecular formula is C26H22N4O6S. The van der Waals surface area contributed by atoms with Gasteiger partial charge in [0.1, 0.15) is 13.2 Å². The van der Waals surface area contributed by atoms with E-state index in [9.17, 15) is 13.2 Å². The van der Waals surface area contributed by atoms with Crippen LogP contribution in [0, 0.1) is 0 Å². The van der Waals surface area contributed by atoms with Crippen LogP contribution in [0.25, 0.3) is 11.5 Å². The van der Waals surface area contributed by atoms with Crippen LogP contribution < -0.4 is 19.1 Å². The van der Waals surface area contributed by atoms with E-state index >= 15 is 0 Å². The molecule has 2 aliphatic rings. The van der Waals surface area contributed by atoms with Crippen LogP contribution in [0.2, 0.25) is 0 Å². The lowest BCUT2D eigenvalue weighted by Crippen LogP contribution is -2.35. The van der Waals surface area contributed by atoms with Gasteiger partial charge < -0.3 is 13.9 Å². The first-order valence-corrected chi connectivity index (χ1v) is 13.2. The summed E-state index contributed by atoms with van der Waals surface area (Å²) in [5.41, 5.74) is 2.56. The first-order valence-electron chi connectivity index (χ1n) is 11.7. The minimum absolute atomic E-state index is 0.0866. The van der Waals surface area contributed by atoms with Gasteiger partial charge in [-0.15, -0.1) is 5.10 Å². The van der Waals surface area contributed by atoms with Crippen molar-refractivity contribution in [3.8, 4) is 23.0 Å². The van der Waals surface area contributed by atoms with E-state index in [1.165, 1.54) is 28.6 Å². The Balaban J connectivity index is 1.17. The third-order valence-electron chi connectivity index (χ3n) is 6.21. The van der Waals surface area contributed by atoms with E-state index in [2.05, 4.69) is 15.5 Å². The smallest absolute Gasteiger partial charge is 0.322 e. The number of hydrogen-bond acceptors (Lipinski definition) is 8. The number of hydrogen-bond donors (Lipinski definition) is 1. The molecule has 11 heteroatoms. The Labute approximate surface area is 212 Å². The fraction of sp³-hybridized carbons (Fsp3) is 0.192. The molecule has 0 unspecified atom stereocenters. The molecule has 188 valence electrons. The Bertz CT molecular complexity index is 1580. The molecule has 10 nitrogen and oxygen atoms in total. The van der Waals surface area contributed by atoms with E-state index in [-0.39, 0.29) is 22.4 Å². The zero-order chi connectivity index (χ0) is 25.4. The number of nitrogens with one attached hydrogen (secondary N) is 1. The van der Waals surface area contributed by atoms with Gasteiger partial charge in [-0.05, 0) is 66.9 Å². The predicted octanol–water partition coefficient (Wildman–Crippen LogP) is 3.90. The highest BCUT2D eigenvalue weighted by Crippen LogP contribution is 2.35. The molecular weight excluding hydrogens is 496 g/mol. The summed E-state index contributed by atoms with van der Waals surface area (Å²) < 4.78 is 44.8. The molecule has 37 heavy (non-hydrogen) atoms. The van der Waals surface area contributed by atoms with Crippen LogP contribution in [-0.2, 0) is 16.4 Å². The van der Waals surface area contributed by atoms with Crippen LogP contribution in [0.15, 0.2) is 76.0 Å². The van der Waals surface area contributed by atoms with Crippen LogP contribution >= 0.6 is 0 Å². The average molecular weight is 519 g/mol. The number of carbonyl (C=O) groups is 1. The minimum atomic E-state index is -3.77. The van der Waals surface area contributed by atoms with Gasteiger partial charge in [-0.25, -0.2) is 8.42 Å². The van der Waals surface area contributed by atoms with Crippen molar-refractivity contribution in [3.05, 3.63) is 77.9 Å². The summed E-state index contributed by atoms with van der Waals surface area (Å²) in [6.07, 6.45) is 1.59. The highest BCUT2D eigenvalue weighted by Gasteiger charge is 2.29. The number of fused-ring (bicyclic) bond motifs is 2. The Kier molecular flexibility index (Phi) is 5.76. The Morgan fingerprint density at radius 3 is 2.54 bits per heavy atom. The topological polar surface area (TPSA) is 124 Å². The monoisotopic (exact) mass is 518 g/mol. The van der Waals surface area contributed by atoms with Crippen LogP contribution in [0.1, 0.15) is 22.3 Å². The van der Waals surface area contributed by atoms with Crippen molar-refractivity contribution >= 4 is 27.6 Å². The average Bonchev–Trinajstić information content (AvgIpc) is 3.41. The summed E-state index contributed by atoms with van der Waals surface area (Å²) in [5.74, 6) is 0.911. The van der Waals surface area contributed by atoms with E-state index < -0.39 is 15.9 Å². The lowest BCUT2D eigenvalue weighted by molar-refractivity contribution is 0.102. The Morgan fingerprint density at radius 2 is 1.70 bits per heavy atom. The number of nitrogens with zero attached hydrogens (tertiary/aromatic N) is 3. The van der Waals surface area contributed by atoms with E-state index in [1.807, 2.05) is 24.3 Å². The summed E-state index contributed by atoms with van der Waals surface area (Å²) in [4.78, 5) is 12.9.